The van der Waals surface area contributed by atoms with Crippen molar-refractivity contribution in [1.29, 1.82) is 0 Å². The van der Waals surface area contributed by atoms with Crippen LogP contribution < -0.4 is 10.1 Å². The highest BCUT2D eigenvalue weighted by Gasteiger charge is 2.27. The van der Waals surface area contributed by atoms with E-state index in [0.29, 0.717) is 37.4 Å². The minimum atomic E-state index is -0.745. The molecule has 1 saturated heterocycles. The van der Waals surface area contributed by atoms with Gasteiger partial charge >= 0.3 is 0 Å². The monoisotopic (exact) mass is 445 g/mol. The summed E-state index contributed by atoms with van der Waals surface area (Å²) >= 11 is 0. The van der Waals surface area contributed by atoms with Crippen molar-refractivity contribution in [3.05, 3.63) is 59.4 Å². The van der Waals surface area contributed by atoms with E-state index in [0.717, 1.165) is 5.56 Å². The van der Waals surface area contributed by atoms with E-state index < -0.39 is 11.9 Å². The van der Waals surface area contributed by atoms with E-state index in [1.807, 2.05) is 19.1 Å². The molecule has 3 N–H and O–H groups in total. The zero-order valence-corrected chi connectivity index (χ0v) is 18.6. The van der Waals surface area contributed by atoms with Crippen LogP contribution in [0, 0.1) is 12.7 Å². The van der Waals surface area contributed by atoms with E-state index in [4.69, 9.17) is 4.74 Å². The lowest BCUT2D eigenvalue weighted by Crippen LogP contribution is -2.55. The zero-order valence-electron chi connectivity index (χ0n) is 18.6. The van der Waals surface area contributed by atoms with Gasteiger partial charge in [0.15, 0.2) is 11.6 Å². The number of carbonyl (C=O) groups excluding carboxylic acids is 1. The number of benzene rings is 2. The van der Waals surface area contributed by atoms with Crippen LogP contribution in [0.3, 0.4) is 0 Å². The van der Waals surface area contributed by atoms with Crippen LogP contribution in [0.5, 0.6) is 5.75 Å². The molecule has 0 aromatic heterocycles. The SMILES string of the molecule is Cc1cccc(CO)c1NC(=O)CN1CCN(C[C@@H](O)COc2ccccc2F)[C@@H](C)C1. The summed E-state index contributed by atoms with van der Waals surface area (Å²) in [7, 11) is 0. The number of β-amino-alcohol motifs (C(OH)–C–C–N with tert-alkyl or cyclic N) is 1. The van der Waals surface area contributed by atoms with E-state index in [1.165, 1.54) is 12.1 Å². The lowest BCUT2D eigenvalue weighted by atomic mass is 10.1. The Balaban J connectivity index is 1.45. The number of carbonyl (C=O) groups is 1. The molecule has 1 aliphatic heterocycles. The van der Waals surface area contributed by atoms with Crippen molar-refractivity contribution in [3.63, 3.8) is 0 Å². The van der Waals surface area contributed by atoms with E-state index in [2.05, 4.69) is 22.0 Å². The maximum atomic E-state index is 13.6. The summed E-state index contributed by atoms with van der Waals surface area (Å²) in [6.07, 6.45) is -0.745. The molecule has 0 saturated carbocycles. The van der Waals surface area contributed by atoms with Crippen molar-refractivity contribution < 1.29 is 24.1 Å². The van der Waals surface area contributed by atoms with Gasteiger partial charge in [-0.3, -0.25) is 14.6 Å². The van der Waals surface area contributed by atoms with Crippen LogP contribution in [0.2, 0.25) is 0 Å². The quantitative estimate of drug-likeness (QED) is 0.548. The van der Waals surface area contributed by atoms with Gasteiger partial charge < -0.3 is 20.3 Å². The molecule has 1 amide bonds. The number of amides is 1. The van der Waals surface area contributed by atoms with Gasteiger partial charge in [-0.05, 0) is 31.5 Å². The van der Waals surface area contributed by atoms with Gasteiger partial charge in [0.2, 0.25) is 5.91 Å². The topological polar surface area (TPSA) is 85.3 Å². The second kappa shape index (κ2) is 11.4. The molecule has 0 bridgehead atoms. The molecule has 2 aromatic rings. The first-order valence-electron chi connectivity index (χ1n) is 10.9. The van der Waals surface area contributed by atoms with Gasteiger partial charge in [-0.15, -0.1) is 0 Å². The van der Waals surface area contributed by atoms with Gasteiger partial charge in [0.25, 0.3) is 0 Å². The number of piperazine rings is 1. The highest BCUT2D eigenvalue weighted by atomic mass is 19.1. The molecule has 0 spiro atoms. The molecule has 1 fully saturated rings. The van der Waals surface area contributed by atoms with Gasteiger partial charge in [-0.1, -0.05) is 30.3 Å². The average Bonchev–Trinajstić information content (AvgIpc) is 2.76. The maximum Gasteiger partial charge on any atom is 0.238 e. The third kappa shape index (κ3) is 6.49. The largest absolute Gasteiger partial charge is 0.488 e. The Morgan fingerprint density at radius 2 is 2.03 bits per heavy atom. The maximum absolute atomic E-state index is 13.6. The molecule has 174 valence electrons. The minimum Gasteiger partial charge on any atom is -0.488 e. The van der Waals surface area contributed by atoms with Crippen LogP contribution >= 0.6 is 0 Å². The van der Waals surface area contributed by atoms with Gasteiger partial charge in [0.05, 0.1) is 13.2 Å². The molecule has 2 aromatic carbocycles. The molecule has 1 aliphatic rings. The Hall–Kier alpha value is -2.52. The van der Waals surface area contributed by atoms with Crippen molar-refractivity contribution in [2.75, 3.05) is 44.6 Å². The first-order valence-corrected chi connectivity index (χ1v) is 10.9. The average molecular weight is 446 g/mol. The Kier molecular flexibility index (Phi) is 8.58. The Bertz CT molecular complexity index is 911. The predicted octanol–water partition coefficient (Wildman–Crippen LogP) is 2.01. The summed E-state index contributed by atoms with van der Waals surface area (Å²) in [6.45, 7) is 6.60. The lowest BCUT2D eigenvalue weighted by molar-refractivity contribution is -0.118. The number of para-hydroxylation sites is 2. The predicted molar refractivity (Wildman–Crippen MR) is 121 cm³/mol. The van der Waals surface area contributed by atoms with E-state index >= 15 is 0 Å². The zero-order chi connectivity index (χ0) is 23.1. The number of rotatable bonds is 9. The molecule has 2 atom stereocenters. The summed E-state index contributed by atoms with van der Waals surface area (Å²) in [4.78, 5) is 16.8. The van der Waals surface area contributed by atoms with Gasteiger partial charge in [-0.25, -0.2) is 4.39 Å². The number of anilines is 1. The second-order valence-electron chi connectivity index (χ2n) is 8.29. The molecule has 0 aliphatic carbocycles. The molecular formula is C24H32FN3O4. The Labute approximate surface area is 188 Å². The fourth-order valence-corrected chi connectivity index (χ4v) is 3.98. The third-order valence-corrected chi connectivity index (χ3v) is 5.72. The van der Waals surface area contributed by atoms with Crippen LogP contribution in [-0.4, -0.2) is 77.4 Å². The summed E-state index contributed by atoms with van der Waals surface area (Å²) < 4.78 is 19.0. The summed E-state index contributed by atoms with van der Waals surface area (Å²) in [6, 6.07) is 11.8. The number of aliphatic hydroxyl groups is 2. The van der Waals surface area contributed by atoms with Crippen LogP contribution in [-0.2, 0) is 11.4 Å². The third-order valence-electron chi connectivity index (χ3n) is 5.72. The fourth-order valence-electron chi connectivity index (χ4n) is 3.98. The van der Waals surface area contributed by atoms with E-state index in [9.17, 15) is 19.4 Å². The smallest absolute Gasteiger partial charge is 0.238 e. The fraction of sp³-hybridized carbons (Fsp3) is 0.458. The number of aryl methyl sites for hydroxylation is 1. The summed E-state index contributed by atoms with van der Waals surface area (Å²) in [5.41, 5.74) is 2.28. The highest BCUT2D eigenvalue weighted by Crippen LogP contribution is 2.21. The van der Waals surface area contributed by atoms with Crippen LogP contribution in [0.15, 0.2) is 42.5 Å². The molecule has 0 radical (unpaired) electrons. The number of hydrogen-bond acceptors (Lipinski definition) is 6. The van der Waals surface area contributed by atoms with Gasteiger partial charge in [0.1, 0.15) is 12.7 Å². The number of halogens is 1. The highest BCUT2D eigenvalue weighted by molar-refractivity contribution is 5.93. The van der Waals surface area contributed by atoms with Gasteiger partial charge in [0, 0.05) is 43.5 Å². The normalized spacial score (nSPS) is 18.3. The van der Waals surface area contributed by atoms with Crippen LogP contribution in [0.4, 0.5) is 10.1 Å². The number of nitrogens with zero attached hydrogens (tertiary/aromatic N) is 2. The standard InChI is InChI=1S/C24H32FN3O4/c1-17-6-5-7-19(15-29)24(17)26-23(31)14-27-10-11-28(18(2)12-27)13-20(30)16-32-22-9-4-3-8-21(22)25/h3-9,18,20,29-30H,10-16H2,1-2H3,(H,26,31)/t18-,20+/m0/s1. The second-order valence-corrected chi connectivity index (χ2v) is 8.29. The number of aliphatic hydroxyl groups excluding tert-OH is 2. The van der Waals surface area contributed by atoms with E-state index in [1.54, 1.807) is 18.2 Å². The molecule has 7 nitrogen and oxygen atoms in total. The molecule has 1 heterocycles. The number of hydrogen-bond donors (Lipinski definition) is 3. The Morgan fingerprint density at radius 3 is 2.75 bits per heavy atom. The molecule has 32 heavy (non-hydrogen) atoms. The van der Waals surface area contributed by atoms with Crippen molar-refractivity contribution in [3.8, 4) is 5.75 Å². The van der Waals surface area contributed by atoms with E-state index in [-0.39, 0.29) is 37.5 Å². The summed E-state index contributed by atoms with van der Waals surface area (Å²) in [5.74, 6) is -0.432. The van der Waals surface area contributed by atoms with Crippen molar-refractivity contribution in [2.45, 2.75) is 32.6 Å². The molecule has 3 rings (SSSR count). The van der Waals surface area contributed by atoms with Crippen LogP contribution in [0.1, 0.15) is 18.1 Å². The molecule has 0 unspecified atom stereocenters. The minimum absolute atomic E-state index is 0.0138. The van der Waals surface area contributed by atoms with Crippen LogP contribution in [0.25, 0.3) is 0 Å². The first-order chi connectivity index (χ1) is 15.4. The first kappa shape index (κ1) is 24.1. The molecular weight excluding hydrogens is 413 g/mol. The number of ether oxygens (including phenoxy) is 1. The summed E-state index contributed by atoms with van der Waals surface area (Å²) in [5, 5.41) is 22.8. The van der Waals surface area contributed by atoms with Crippen molar-refractivity contribution in [1.82, 2.24) is 9.80 Å². The van der Waals surface area contributed by atoms with Crippen molar-refractivity contribution in [2.24, 2.45) is 0 Å². The van der Waals surface area contributed by atoms with Gasteiger partial charge in [-0.2, -0.15) is 0 Å². The Morgan fingerprint density at radius 1 is 1.25 bits per heavy atom. The molecule has 8 heteroatoms. The number of nitrogens with one attached hydrogen (secondary N) is 1. The lowest BCUT2D eigenvalue weighted by Gasteiger charge is -2.40. The van der Waals surface area contributed by atoms with Crippen molar-refractivity contribution >= 4 is 11.6 Å².